The summed E-state index contributed by atoms with van der Waals surface area (Å²) in [7, 11) is 3.85. The SMILES string of the molecule is CC(C)N(C(C)C)C(C)C.CN(C)CCO. The van der Waals surface area contributed by atoms with Crippen LogP contribution >= 0.6 is 0 Å². The standard InChI is InChI=1S/C9H21N.C4H11NO/c1-7(2)10(8(3)4)9(5)6;1-5(2)3-4-6/h7-9H,1-6H3;6H,3-4H2,1-2H3. The first-order valence-electron chi connectivity index (χ1n) is 6.27. The smallest absolute Gasteiger partial charge is 0.0558 e. The van der Waals surface area contributed by atoms with Gasteiger partial charge >= 0.3 is 0 Å². The van der Waals surface area contributed by atoms with E-state index in [1.54, 1.807) is 0 Å². The van der Waals surface area contributed by atoms with Gasteiger partial charge in [-0.05, 0) is 55.6 Å². The quantitative estimate of drug-likeness (QED) is 0.786. The highest BCUT2D eigenvalue weighted by molar-refractivity contribution is 4.70. The first-order chi connectivity index (χ1) is 7.23. The molecule has 0 aromatic carbocycles. The molecular weight excluding hydrogens is 200 g/mol. The number of aliphatic hydroxyl groups excluding tert-OH is 1. The van der Waals surface area contributed by atoms with Crippen molar-refractivity contribution >= 4 is 0 Å². The second kappa shape index (κ2) is 10.1. The number of hydrogen-bond donors (Lipinski definition) is 1. The van der Waals surface area contributed by atoms with Crippen LogP contribution in [0, 0.1) is 0 Å². The fourth-order valence-corrected chi connectivity index (χ4v) is 1.99. The summed E-state index contributed by atoms with van der Waals surface area (Å²) in [6, 6.07) is 2.00. The number of nitrogens with zero attached hydrogens (tertiary/aromatic N) is 2. The Morgan fingerprint density at radius 3 is 1.12 bits per heavy atom. The van der Waals surface area contributed by atoms with E-state index in [2.05, 4.69) is 46.4 Å². The van der Waals surface area contributed by atoms with Gasteiger partial charge in [0, 0.05) is 24.7 Å². The predicted octanol–water partition coefficient (Wildman–Crippen LogP) is 2.05. The predicted molar refractivity (Wildman–Crippen MR) is 72.9 cm³/mol. The molecule has 3 nitrogen and oxygen atoms in total. The molecule has 0 rings (SSSR count). The monoisotopic (exact) mass is 232 g/mol. The van der Waals surface area contributed by atoms with Crippen LogP contribution in [0.4, 0.5) is 0 Å². The lowest BCUT2D eigenvalue weighted by Crippen LogP contribution is -2.42. The van der Waals surface area contributed by atoms with E-state index in [1.807, 2.05) is 19.0 Å². The molecule has 16 heavy (non-hydrogen) atoms. The molecule has 0 unspecified atom stereocenters. The molecule has 0 aliphatic carbocycles. The van der Waals surface area contributed by atoms with Gasteiger partial charge in [-0.3, -0.25) is 4.90 Å². The van der Waals surface area contributed by atoms with Gasteiger partial charge < -0.3 is 10.0 Å². The first kappa shape index (κ1) is 18.3. The Hall–Kier alpha value is -0.120. The van der Waals surface area contributed by atoms with E-state index in [0.29, 0.717) is 18.1 Å². The highest BCUT2D eigenvalue weighted by Crippen LogP contribution is 2.09. The Morgan fingerprint density at radius 2 is 1.12 bits per heavy atom. The summed E-state index contributed by atoms with van der Waals surface area (Å²) in [5.74, 6) is 0. The summed E-state index contributed by atoms with van der Waals surface area (Å²) in [4.78, 5) is 4.43. The van der Waals surface area contributed by atoms with Crippen LogP contribution in [0.15, 0.2) is 0 Å². The minimum atomic E-state index is 0.257. The summed E-state index contributed by atoms with van der Waals surface area (Å²) in [6.45, 7) is 14.5. The van der Waals surface area contributed by atoms with Gasteiger partial charge in [-0.1, -0.05) is 0 Å². The van der Waals surface area contributed by atoms with Crippen LogP contribution in [0.3, 0.4) is 0 Å². The van der Waals surface area contributed by atoms with Gasteiger partial charge in [0.05, 0.1) is 6.61 Å². The highest BCUT2D eigenvalue weighted by Gasteiger charge is 2.15. The van der Waals surface area contributed by atoms with Gasteiger partial charge in [0.25, 0.3) is 0 Å². The zero-order chi connectivity index (χ0) is 13.3. The van der Waals surface area contributed by atoms with E-state index < -0.39 is 0 Å². The van der Waals surface area contributed by atoms with Gasteiger partial charge in [0.1, 0.15) is 0 Å². The Kier molecular flexibility index (Phi) is 11.5. The van der Waals surface area contributed by atoms with Gasteiger partial charge in [0.15, 0.2) is 0 Å². The number of aliphatic hydroxyl groups is 1. The zero-order valence-corrected chi connectivity index (χ0v) is 12.5. The summed E-state index contributed by atoms with van der Waals surface area (Å²) in [5, 5.41) is 8.20. The molecule has 0 aliphatic heterocycles. The zero-order valence-electron chi connectivity index (χ0n) is 12.5. The van der Waals surface area contributed by atoms with Crippen molar-refractivity contribution in [3.05, 3.63) is 0 Å². The van der Waals surface area contributed by atoms with Crippen molar-refractivity contribution in [3.63, 3.8) is 0 Å². The van der Waals surface area contributed by atoms with Crippen LogP contribution < -0.4 is 0 Å². The molecular formula is C13H32N2O. The Balaban J connectivity index is 0. The summed E-state index contributed by atoms with van der Waals surface area (Å²) in [5.41, 5.74) is 0. The molecule has 0 saturated carbocycles. The van der Waals surface area contributed by atoms with E-state index >= 15 is 0 Å². The molecule has 0 amide bonds. The van der Waals surface area contributed by atoms with E-state index in [9.17, 15) is 0 Å². The topological polar surface area (TPSA) is 26.7 Å². The third-order valence-electron chi connectivity index (χ3n) is 2.34. The van der Waals surface area contributed by atoms with Crippen molar-refractivity contribution in [2.24, 2.45) is 0 Å². The van der Waals surface area contributed by atoms with Crippen molar-refractivity contribution < 1.29 is 5.11 Å². The molecule has 0 fully saturated rings. The van der Waals surface area contributed by atoms with Crippen LogP contribution in [0.25, 0.3) is 0 Å². The van der Waals surface area contributed by atoms with E-state index in [1.165, 1.54) is 0 Å². The van der Waals surface area contributed by atoms with Gasteiger partial charge in [-0.2, -0.15) is 0 Å². The number of likely N-dealkylation sites (N-methyl/N-ethyl adjacent to an activating group) is 1. The summed E-state index contributed by atoms with van der Waals surface area (Å²) in [6.07, 6.45) is 0. The van der Waals surface area contributed by atoms with Crippen LogP contribution in [0.1, 0.15) is 41.5 Å². The van der Waals surface area contributed by atoms with Crippen LogP contribution in [0.5, 0.6) is 0 Å². The maximum Gasteiger partial charge on any atom is 0.0558 e. The van der Waals surface area contributed by atoms with Crippen molar-refractivity contribution in [2.45, 2.75) is 59.7 Å². The second-order valence-electron chi connectivity index (χ2n) is 5.26. The molecule has 1 N–H and O–H groups in total. The third-order valence-corrected chi connectivity index (χ3v) is 2.34. The van der Waals surface area contributed by atoms with Crippen LogP contribution in [-0.4, -0.2) is 60.3 Å². The van der Waals surface area contributed by atoms with Gasteiger partial charge in [0.2, 0.25) is 0 Å². The van der Waals surface area contributed by atoms with E-state index in [0.717, 1.165) is 6.54 Å². The summed E-state index contributed by atoms with van der Waals surface area (Å²) >= 11 is 0. The van der Waals surface area contributed by atoms with Crippen molar-refractivity contribution in [2.75, 3.05) is 27.2 Å². The molecule has 100 valence electrons. The molecule has 3 heteroatoms. The largest absolute Gasteiger partial charge is 0.395 e. The molecule has 0 heterocycles. The first-order valence-corrected chi connectivity index (χ1v) is 6.27. The minimum Gasteiger partial charge on any atom is -0.395 e. The fourth-order valence-electron chi connectivity index (χ4n) is 1.99. The summed E-state index contributed by atoms with van der Waals surface area (Å²) < 4.78 is 0. The third kappa shape index (κ3) is 10.4. The van der Waals surface area contributed by atoms with Crippen LogP contribution in [-0.2, 0) is 0 Å². The van der Waals surface area contributed by atoms with Crippen molar-refractivity contribution in [3.8, 4) is 0 Å². The maximum absolute atomic E-state index is 8.20. The Bertz CT molecular complexity index is 126. The minimum absolute atomic E-state index is 0.257. The second-order valence-corrected chi connectivity index (χ2v) is 5.26. The molecule has 0 aromatic rings. The molecule has 0 atom stereocenters. The van der Waals surface area contributed by atoms with Gasteiger partial charge in [-0.15, -0.1) is 0 Å². The van der Waals surface area contributed by atoms with Crippen molar-refractivity contribution in [1.82, 2.24) is 9.80 Å². The Labute approximate surface area is 102 Å². The van der Waals surface area contributed by atoms with E-state index in [-0.39, 0.29) is 6.61 Å². The molecule has 0 aliphatic rings. The molecule has 0 bridgehead atoms. The average Bonchev–Trinajstić information content (AvgIpc) is 2.00. The maximum atomic E-state index is 8.20. The highest BCUT2D eigenvalue weighted by atomic mass is 16.3. The van der Waals surface area contributed by atoms with Crippen LogP contribution in [0.2, 0.25) is 0 Å². The van der Waals surface area contributed by atoms with Crippen molar-refractivity contribution in [1.29, 1.82) is 0 Å². The number of rotatable bonds is 5. The Morgan fingerprint density at radius 1 is 0.812 bits per heavy atom. The lowest BCUT2D eigenvalue weighted by atomic mass is 10.2. The molecule has 0 saturated heterocycles. The molecule has 0 aromatic heterocycles. The average molecular weight is 232 g/mol. The molecule has 0 radical (unpaired) electrons. The normalized spacial score (nSPS) is 11.6. The molecule has 0 spiro atoms. The lowest BCUT2D eigenvalue weighted by Gasteiger charge is -2.34. The number of hydrogen-bond acceptors (Lipinski definition) is 3. The van der Waals surface area contributed by atoms with Gasteiger partial charge in [-0.25, -0.2) is 0 Å². The lowest BCUT2D eigenvalue weighted by molar-refractivity contribution is 0.133. The van der Waals surface area contributed by atoms with E-state index in [4.69, 9.17) is 5.11 Å². The fraction of sp³-hybridized carbons (Fsp3) is 1.00.